The molecule has 2 amide bonds. The number of carbonyl (C=O) groups excluding carboxylic acids is 2. The number of rotatable bonds is 7. The average Bonchev–Trinajstić information content (AvgIpc) is 3.24. The number of nitrogens with zero attached hydrogens (tertiary/aromatic N) is 1. The normalized spacial score (nSPS) is 14.6. The largest absolute Gasteiger partial charge is 0.484 e. The molecule has 1 aliphatic rings. The molecule has 27 heavy (non-hydrogen) atoms. The van der Waals surface area contributed by atoms with E-state index in [4.69, 9.17) is 9.15 Å². The van der Waals surface area contributed by atoms with Crippen molar-refractivity contribution < 1.29 is 18.7 Å². The van der Waals surface area contributed by atoms with Crippen LogP contribution in [0.4, 0.5) is 5.69 Å². The summed E-state index contributed by atoms with van der Waals surface area (Å²) in [7, 11) is 0. The molecule has 144 valence electrons. The van der Waals surface area contributed by atoms with Crippen molar-refractivity contribution in [2.24, 2.45) is 0 Å². The lowest BCUT2D eigenvalue weighted by molar-refractivity contribution is -0.136. The molecule has 6 nitrogen and oxygen atoms in total. The summed E-state index contributed by atoms with van der Waals surface area (Å²) in [5.41, 5.74) is 0.632. The van der Waals surface area contributed by atoms with Crippen LogP contribution in [0.15, 0.2) is 47.1 Å². The highest BCUT2D eigenvalue weighted by Gasteiger charge is 2.24. The van der Waals surface area contributed by atoms with Crippen molar-refractivity contribution in [3.63, 3.8) is 0 Å². The van der Waals surface area contributed by atoms with Gasteiger partial charge in [-0.2, -0.15) is 0 Å². The number of hydrogen-bond acceptors (Lipinski definition) is 4. The van der Waals surface area contributed by atoms with E-state index in [1.165, 1.54) is 25.5 Å². The highest BCUT2D eigenvalue weighted by molar-refractivity contribution is 6.02. The Kier molecular flexibility index (Phi) is 6.52. The second-order valence-corrected chi connectivity index (χ2v) is 6.72. The van der Waals surface area contributed by atoms with Crippen LogP contribution in [0.3, 0.4) is 0 Å². The zero-order valence-electron chi connectivity index (χ0n) is 15.6. The van der Waals surface area contributed by atoms with Gasteiger partial charge in [-0.05, 0) is 56.2 Å². The second kappa shape index (κ2) is 9.26. The van der Waals surface area contributed by atoms with Crippen LogP contribution in [0.25, 0.3) is 0 Å². The maximum Gasteiger partial charge on any atom is 0.291 e. The SMILES string of the molecule is CCN(C(=O)COc1ccc(NC(=O)c2ccco2)cc1)C1CCCCC1. The van der Waals surface area contributed by atoms with Gasteiger partial charge in [0, 0.05) is 18.3 Å². The van der Waals surface area contributed by atoms with Crippen LogP contribution < -0.4 is 10.1 Å². The van der Waals surface area contributed by atoms with E-state index in [-0.39, 0.29) is 24.2 Å². The molecule has 1 aromatic heterocycles. The summed E-state index contributed by atoms with van der Waals surface area (Å²) in [5, 5.41) is 2.74. The van der Waals surface area contributed by atoms with E-state index in [1.807, 2.05) is 11.8 Å². The Hall–Kier alpha value is -2.76. The first-order valence-corrected chi connectivity index (χ1v) is 9.54. The van der Waals surface area contributed by atoms with Crippen molar-refractivity contribution in [3.05, 3.63) is 48.4 Å². The number of nitrogens with one attached hydrogen (secondary N) is 1. The van der Waals surface area contributed by atoms with Crippen LogP contribution in [0.1, 0.15) is 49.6 Å². The third-order valence-electron chi connectivity index (χ3n) is 4.90. The van der Waals surface area contributed by atoms with E-state index in [0.717, 1.165) is 12.8 Å². The number of furan rings is 1. The zero-order valence-corrected chi connectivity index (χ0v) is 15.6. The van der Waals surface area contributed by atoms with Gasteiger partial charge in [-0.1, -0.05) is 19.3 Å². The molecule has 1 N–H and O–H groups in total. The molecule has 0 aliphatic heterocycles. The number of anilines is 1. The number of amides is 2. The minimum atomic E-state index is -0.310. The lowest BCUT2D eigenvalue weighted by Crippen LogP contribution is -2.43. The monoisotopic (exact) mass is 370 g/mol. The summed E-state index contributed by atoms with van der Waals surface area (Å²) in [4.78, 5) is 26.4. The molecule has 0 spiro atoms. The Morgan fingerprint density at radius 2 is 1.89 bits per heavy atom. The molecule has 0 atom stereocenters. The van der Waals surface area contributed by atoms with Crippen LogP contribution >= 0.6 is 0 Å². The van der Waals surface area contributed by atoms with Crippen molar-refractivity contribution in [1.29, 1.82) is 0 Å². The van der Waals surface area contributed by atoms with Crippen LogP contribution in [-0.2, 0) is 4.79 Å². The second-order valence-electron chi connectivity index (χ2n) is 6.72. The molecule has 1 aromatic carbocycles. The van der Waals surface area contributed by atoms with Crippen molar-refractivity contribution >= 4 is 17.5 Å². The fourth-order valence-corrected chi connectivity index (χ4v) is 3.49. The van der Waals surface area contributed by atoms with Gasteiger partial charge < -0.3 is 19.4 Å². The maximum absolute atomic E-state index is 12.5. The van der Waals surface area contributed by atoms with E-state index in [9.17, 15) is 9.59 Å². The first-order valence-electron chi connectivity index (χ1n) is 9.54. The fourth-order valence-electron chi connectivity index (χ4n) is 3.49. The lowest BCUT2D eigenvalue weighted by Gasteiger charge is -2.33. The van der Waals surface area contributed by atoms with Gasteiger partial charge in [0.25, 0.3) is 11.8 Å². The van der Waals surface area contributed by atoms with Gasteiger partial charge in [-0.3, -0.25) is 9.59 Å². The Balaban J connectivity index is 1.50. The third kappa shape index (κ3) is 5.12. The van der Waals surface area contributed by atoms with Gasteiger partial charge in [-0.25, -0.2) is 0 Å². The Morgan fingerprint density at radius 3 is 2.52 bits per heavy atom. The van der Waals surface area contributed by atoms with E-state index in [0.29, 0.717) is 24.0 Å². The number of carbonyl (C=O) groups is 2. The van der Waals surface area contributed by atoms with E-state index >= 15 is 0 Å². The topological polar surface area (TPSA) is 71.8 Å². The zero-order chi connectivity index (χ0) is 19.1. The predicted molar refractivity (Wildman–Crippen MR) is 103 cm³/mol. The summed E-state index contributed by atoms with van der Waals surface area (Å²) < 4.78 is 10.7. The average molecular weight is 370 g/mol. The van der Waals surface area contributed by atoms with Crippen molar-refractivity contribution in [1.82, 2.24) is 4.90 Å². The molecule has 2 aromatic rings. The third-order valence-corrected chi connectivity index (χ3v) is 4.90. The Bertz CT molecular complexity index is 734. The summed E-state index contributed by atoms with van der Waals surface area (Å²) in [6, 6.07) is 10.6. The molecule has 1 aliphatic carbocycles. The molecule has 1 fully saturated rings. The Labute approximate surface area is 159 Å². The number of hydrogen-bond donors (Lipinski definition) is 1. The standard InChI is InChI=1S/C21H26N2O4/c1-2-23(17-7-4-3-5-8-17)20(24)15-27-18-12-10-16(11-13-18)22-21(25)19-9-6-14-26-19/h6,9-14,17H,2-5,7-8,15H2,1H3,(H,22,25). The minimum Gasteiger partial charge on any atom is -0.484 e. The van der Waals surface area contributed by atoms with Crippen LogP contribution in [-0.4, -0.2) is 35.9 Å². The van der Waals surface area contributed by atoms with Gasteiger partial charge in [-0.15, -0.1) is 0 Å². The first-order chi connectivity index (χ1) is 13.2. The first kappa shape index (κ1) is 19.0. The molecular formula is C21H26N2O4. The smallest absolute Gasteiger partial charge is 0.291 e. The number of likely N-dealkylation sites (N-methyl/N-ethyl adjacent to an activating group) is 1. The molecular weight excluding hydrogens is 344 g/mol. The summed E-state index contributed by atoms with van der Waals surface area (Å²) in [6.07, 6.45) is 7.28. The van der Waals surface area contributed by atoms with Crippen LogP contribution in [0.5, 0.6) is 5.75 Å². The highest BCUT2D eigenvalue weighted by Crippen LogP contribution is 2.23. The maximum atomic E-state index is 12.5. The molecule has 3 rings (SSSR count). The molecule has 6 heteroatoms. The van der Waals surface area contributed by atoms with Crippen LogP contribution in [0.2, 0.25) is 0 Å². The summed E-state index contributed by atoms with van der Waals surface area (Å²) in [5.74, 6) is 0.567. The molecule has 0 saturated heterocycles. The van der Waals surface area contributed by atoms with Gasteiger partial charge in [0.15, 0.2) is 12.4 Å². The van der Waals surface area contributed by atoms with Crippen molar-refractivity contribution in [3.8, 4) is 5.75 Å². The molecule has 0 bridgehead atoms. The van der Waals surface area contributed by atoms with Gasteiger partial charge in [0.05, 0.1) is 6.26 Å². The van der Waals surface area contributed by atoms with E-state index in [1.54, 1.807) is 36.4 Å². The molecule has 0 radical (unpaired) electrons. The van der Waals surface area contributed by atoms with E-state index < -0.39 is 0 Å². The summed E-state index contributed by atoms with van der Waals surface area (Å²) >= 11 is 0. The van der Waals surface area contributed by atoms with Gasteiger partial charge in [0.1, 0.15) is 5.75 Å². The van der Waals surface area contributed by atoms with Gasteiger partial charge >= 0.3 is 0 Å². The van der Waals surface area contributed by atoms with Gasteiger partial charge in [0.2, 0.25) is 0 Å². The fraction of sp³-hybridized carbons (Fsp3) is 0.429. The highest BCUT2D eigenvalue weighted by atomic mass is 16.5. The molecule has 0 unspecified atom stereocenters. The Morgan fingerprint density at radius 1 is 1.15 bits per heavy atom. The predicted octanol–water partition coefficient (Wildman–Crippen LogP) is 4.09. The number of benzene rings is 1. The van der Waals surface area contributed by atoms with Crippen molar-refractivity contribution in [2.45, 2.75) is 45.1 Å². The molecule has 1 heterocycles. The van der Waals surface area contributed by atoms with Crippen LogP contribution in [0, 0.1) is 0 Å². The molecule has 1 saturated carbocycles. The summed E-state index contributed by atoms with van der Waals surface area (Å²) in [6.45, 7) is 2.76. The minimum absolute atomic E-state index is 0.0274. The lowest BCUT2D eigenvalue weighted by atomic mass is 9.94. The number of ether oxygens (including phenoxy) is 1. The van der Waals surface area contributed by atoms with E-state index in [2.05, 4.69) is 5.32 Å². The van der Waals surface area contributed by atoms with Crippen molar-refractivity contribution in [2.75, 3.05) is 18.5 Å². The quantitative estimate of drug-likeness (QED) is 0.797.